The van der Waals surface area contributed by atoms with Crippen molar-refractivity contribution in [3.63, 3.8) is 0 Å². The third kappa shape index (κ3) is 5.08. The van der Waals surface area contributed by atoms with Gasteiger partial charge in [-0.25, -0.2) is 0 Å². The van der Waals surface area contributed by atoms with Gasteiger partial charge in [0.05, 0.1) is 6.54 Å². The average Bonchev–Trinajstić information content (AvgIpc) is 2.22. The molecule has 0 spiro atoms. The van der Waals surface area contributed by atoms with Crippen LogP contribution < -0.4 is 10.1 Å². The Balaban J connectivity index is 2.29. The van der Waals surface area contributed by atoms with Gasteiger partial charge in [0, 0.05) is 6.54 Å². The molecule has 0 aliphatic carbocycles. The summed E-state index contributed by atoms with van der Waals surface area (Å²) in [5, 5.41) is 2.28. The summed E-state index contributed by atoms with van der Waals surface area (Å²) in [5.41, 5.74) is 2.12. The van der Waals surface area contributed by atoms with E-state index in [2.05, 4.69) is 5.32 Å². The van der Waals surface area contributed by atoms with E-state index in [-0.39, 0.29) is 13.2 Å². The third-order valence-electron chi connectivity index (χ3n) is 2.42. The standard InChI is InChI=1S/C12H16F3NO/c1-9-4-3-5-11(10(9)2)17-7-6-16-8-12(13,14)15/h3-5,16H,6-8H2,1-2H3. The third-order valence-corrected chi connectivity index (χ3v) is 2.42. The molecule has 0 aliphatic heterocycles. The van der Waals surface area contributed by atoms with E-state index in [0.717, 1.165) is 16.9 Å². The van der Waals surface area contributed by atoms with E-state index in [9.17, 15) is 13.2 Å². The molecule has 0 aromatic heterocycles. The summed E-state index contributed by atoms with van der Waals surface area (Å²) >= 11 is 0. The van der Waals surface area contributed by atoms with E-state index in [0.29, 0.717) is 0 Å². The van der Waals surface area contributed by atoms with Crippen LogP contribution in [0.4, 0.5) is 13.2 Å². The highest BCUT2D eigenvalue weighted by molar-refractivity contribution is 5.38. The number of alkyl halides is 3. The zero-order valence-corrected chi connectivity index (χ0v) is 9.90. The Morgan fingerprint density at radius 1 is 1.24 bits per heavy atom. The molecule has 0 amide bonds. The van der Waals surface area contributed by atoms with Crippen molar-refractivity contribution in [2.24, 2.45) is 0 Å². The number of aryl methyl sites for hydroxylation is 1. The normalized spacial score (nSPS) is 11.6. The van der Waals surface area contributed by atoms with Crippen LogP contribution in [0.5, 0.6) is 5.75 Å². The summed E-state index contributed by atoms with van der Waals surface area (Å²) in [6, 6.07) is 5.64. The highest BCUT2D eigenvalue weighted by Crippen LogP contribution is 2.20. The van der Waals surface area contributed by atoms with Gasteiger partial charge in [-0.15, -0.1) is 0 Å². The predicted octanol–water partition coefficient (Wildman–Crippen LogP) is 2.83. The molecule has 0 atom stereocenters. The lowest BCUT2D eigenvalue weighted by Gasteiger charge is -2.12. The maximum atomic E-state index is 11.8. The highest BCUT2D eigenvalue weighted by atomic mass is 19.4. The van der Waals surface area contributed by atoms with Crippen LogP contribution in [0, 0.1) is 13.8 Å². The van der Waals surface area contributed by atoms with Gasteiger partial charge in [0.1, 0.15) is 12.4 Å². The van der Waals surface area contributed by atoms with Crippen molar-refractivity contribution in [3.05, 3.63) is 29.3 Å². The van der Waals surface area contributed by atoms with Gasteiger partial charge in [-0.2, -0.15) is 13.2 Å². The zero-order chi connectivity index (χ0) is 12.9. The van der Waals surface area contributed by atoms with Crippen molar-refractivity contribution in [2.45, 2.75) is 20.0 Å². The Bertz CT molecular complexity index is 363. The van der Waals surface area contributed by atoms with E-state index >= 15 is 0 Å². The predicted molar refractivity (Wildman–Crippen MR) is 60.3 cm³/mol. The van der Waals surface area contributed by atoms with Crippen molar-refractivity contribution in [2.75, 3.05) is 19.7 Å². The van der Waals surface area contributed by atoms with Gasteiger partial charge in [0.15, 0.2) is 0 Å². The second kappa shape index (κ2) is 5.91. The molecule has 0 aliphatic rings. The molecule has 0 fully saturated rings. The molecule has 1 aromatic carbocycles. The van der Waals surface area contributed by atoms with Gasteiger partial charge < -0.3 is 10.1 Å². The first-order valence-electron chi connectivity index (χ1n) is 5.36. The minimum atomic E-state index is -4.17. The lowest BCUT2D eigenvalue weighted by molar-refractivity contribution is -0.124. The molecule has 1 rings (SSSR count). The number of nitrogens with one attached hydrogen (secondary N) is 1. The van der Waals surface area contributed by atoms with Gasteiger partial charge in [-0.3, -0.25) is 0 Å². The summed E-state index contributed by atoms with van der Waals surface area (Å²) < 4.78 is 40.9. The van der Waals surface area contributed by atoms with E-state index < -0.39 is 12.7 Å². The fraction of sp³-hybridized carbons (Fsp3) is 0.500. The van der Waals surface area contributed by atoms with Crippen LogP contribution in [0.2, 0.25) is 0 Å². The highest BCUT2D eigenvalue weighted by Gasteiger charge is 2.25. The molecular formula is C12H16F3NO. The summed E-state index contributed by atoms with van der Waals surface area (Å²) in [6.07, 6.45) is -4.17. The van der Waals surface area contributed by atoms with E-state index in [1.54, 1.807) is 0 Å². The van der Waals surface area contributed by atoms with Crippen molar-refractivity contribution in [1.29, 1.82) is 0 Å². The topological polar surface area (TPSA) is 21.3 Å². The quantitative estimate of drug-likeness (QED) is 0.808. The first kappa shape index (κ1) is 13.8. The largest absolute Gasteiger partial charge is 0.492 e. The molecule has 0 saturated carbocycles. The van der Waals surface area contributed by atoms with Gasteiger partial charge in [0.25, 0.3) is 0 Å². The number of ether oxygens (including phenoxy) is 1. The van der Waals surface area contributed by atoms with Crippen molar-refractivity contribution in [1.82, 2.24) is 5.32 Å². The molecule has 0 saturated heterocycles. The van der Waals surface area contributed by atoms with Crippen LogP contribution in [-0.2, 0) is 0 Å². The van der Waals surface area contributed by atoms with Gasteiger partial charge in [-0.1, -0.05) is 12.1 Å². The molecule has 1 N–H and O–H groups in total. The van der Waals surface area contributed by atoms with E-state index in [4.69, 9.17) is 4.74 Å². The van der Waals surface area contributed by atoms with Crippen molar-refractivity contribution in [3.8, 4) is 5.75 Å². The van der Waals surface area contributed by atoms with Crippen LogP contribution in [0.3, 0.4) is 0 Å². The minimum absolute atomic E-state index is 0.174. The maximum absolute atomic E-state index is 11.8. The van der Waals surface area contributed by atoms with Crippen LogP contribution in [0.15, 0.2) is 18.2 Å². The maximum Gasteiger partial charge on any atom is 0.401 e. The number of rotatable bonds is 5. The first-order valence-corrected chi connectivity index (χ1v) is 5.36. The molecule has 0 heterocycles. The van der Waals surface area contributed by atoms with Crippen molar-refractivity contribution < 1.29 is 17.9 Å². The monoisotopic (exact) mass is 247 g/mol. The van der Waals surface area contributed by atoms with Gasteiger partial charge in [0.2, 0.25) is 0 Å². The lowest BCUT2D eigenvalue weighted by atomic mass is 10.1. The van der Waals surface area contributed by atoms with Gasteiger partial charge >= 0.3 is 6.18 Å². The average molecular weight is 247 g/mol. The molecule has 1 aromatic rings. The molecule has 5 heteroatoms. The molecule has 0 bridgehead atoms. The fourth-order valence-electron chi connectivity index (χ4n) is 1.34. The summed E-state index contributed by atoms with van der Waals surface area (Å²) in [4.78, 5) is 0. The summed E-state index contributed by atoms with van der Waals surface area (Å²) in [6.45, 7) is 3.30. The van der Waals surface area contributed by atoms with Crippen LogP contribution in [-0.4, -0.2) is 25.9 Å². The summed E-state index contributed by atoms with van der Waals surface area (Å²) in [5.74, 6) is 0.721. The summed E-state index contributed by atoms with van der Waals surface area (Å²) in [7, 11) is 0. The Morgan fingerprint density at radius 2 is 1.94 bits per heavy atom. The second-order valence-corrected chi connectivity index (χ2v) is 3.84. The number of benzene rings is 1. The molecular weight excluding hydrogens is 231 g/mol. The zero-order valence-electron chi connectivity index (χ0n) is 9.90. The van der Waals surface area contributed by atoms with Crippen molar-refractivity contribution >= 4 is 0 Å². The smallest absolute Gasteiger partial charge is 0.401 e. The number of hydrogen-bond acceptors (Lipinski definition) is 2. The molecule has 0 radical (unpaired) electrons. The SMILES string of the molecule is Cc1cccc(OCCNCC(F)(F)F)c1C. The Labute approximate surface area is 98.8 Å². The van der Waals surface area contributed by atoms with Crippen LogP contribution >= 0.6 is 0 Å². The van der Waals surface area contributed by atoms with Crippen LogP contribution in [0.1, 0.15) is 11.1 Å². The molecule has 96 valence electrons. The molecule has 2 nitrogen and oxygen atoms in total. The number of hydrogen-bond donors (Lipinski definition) is 1. The molecule has 0 unspecified atom stereocenters. The molecule has 17 heavy (non-hydrogen) atoms. The Kier molecular flexibility index (Phi) is 4.81. The van der Waals surface area contributed by atoms with Gasteiger partial charge in [-0.05, 0) is 31.0 Å². The number of halogens is 3. The van der Waals surface area contributed by atoms with Crippen LogP contribution in [0.25, 0.3) is 0 Å². The first-order chi connectivity index (χ1) is 7.90. The Hall–Kier alpha value is -1.23. The minimum Gasteiger partial charge on any atom is -0.492 e. The fourth-order valence-corrected chi connectivity index (χ4v) is 1.34. The Morgan fingerprint density at radius 3 is 2.59 bits per heavy atom. The lowest BCUT2D eigenvalue weighted by Crippen LogP contribution is -2.31. The second-order valence-electron chi connectivity index (χ2n) is 3.84. The van der Waals surface area contributed by atoms with E-state index in [1.807, 2.05) is 32.0 Å². The van der Waals surface area contributed by atoms with E-state index in [1.165, 1.54) is 0 Å².